The second-order valence-corrected chi connectivity index (χ2v) is 7.00. The third-order valence-electron chi connectivity index (χ3n) is 4.60. The van der Waals surface area contributed by atoms with Crippen LogP contribution in [0.1, 0.15) is 32.9 Å². The second kappa shape index (κ2) is 8.61. The first-order chi connectivity index (χ1) is 14.6. The van der Waals surface area contributed by atoms with E-state index in [1.165, 1.54) is 5.56 Å². The summed E-state index contributed by atoms with van der Waals surface area (Å²) in [6, 6.07) is 22.6. The SMILES string of the molecule is Cc1ccc(Cc2nnc(NC(=O)c3cccc(Oc4ccccc4)c3)o2)c(C)c1. The number of aryl methyl sites for hydroxylation is 2. The largest absolute Gasteiger partial charge is 0.457 e. The molecule has 4 rings (SSSR count). The van der Waals surface area contributed by atoms with E-state index in [1.807, 2.05) is 49.4 Å². The van der Waals surface area contributed by atoms with Crippen molar-refractivity contribution in [3.05, 3.63) is 101 Å². The summed E-state index contributed by atoms with van der Waals surface area (Å²) >= 11 is 0. The van der Waals surface area contributed by atoms with E-state index in [0.717, 1.165) is 11.1 Å². The monoisotopic (exact) mass is 399 g/mol. The summed E-state index contributed by atoms with van der Waals surface area (Å²) in [4.78, 5) is 12.6. The van der Waals surface area contributed by atoms with Crippen LogP contribution in [0.25, 0.3) is 0 Å². The number of hydrogen-bond acceptors (Lipinski definition) is 5. The number of hydrogen-bond donors (Lipinski definition) is 1. The molecule has 0 atom stereocenters. The van der Waals surface area contributed by atoms with E-state index < -0.39 is 0 Å². The predicted octanol–water partition coefficient (Wildman–Crippen LogP) is 5.32. The Bertz CT molecular complexity index is 1170. The van der Waals surface area contributed by atoms with Crippen LogP contribution in [0, 0.1) is 13.8 Å². The lowest BCUT2D eigenvalue weighted by atomic mass is 10.0. The van der Waals surface area contributed by atoms with E-state index >= 15 is 0 Å². The van der Waals surface area contributed by atoms with Crippen molar-refractivity contribution in [1.29, 1.82) is 0 Å². The molecule has 0 aliphatic rings. The van der Waals surface area contributed by atoms with Gasteiger partial charge in [0.25, 0.3) is 5.91 Å². The molecule has 1 N–H and O–H groups in total. The van der Waals surface area contributed by atoms with Gasteiger partial charge in [-0.05, 0) is 55.3 Å². The average molecular weight is 399 g/mol. The molecule has 0 aliphatic heterocycles. The van der Waals surface area contributed by atoms with Gasteiger partial charge in [-0.15, -0.1) is 5.10 Å². The molecule has 30 heavy (non-hydrogen) atoms. The second-order valence-electron chi connectivity index (χ2n) is 7.00. The minimum Gasteiger partial charge on any atom is -0.457 e. The van der Waals surface area contributed by atoms with Gasteiger partial charge in [0.15, 0.2) is 0 Å². The molecule has 0 fully saturated rings. The molecule has 0 aliphatic carbocycles. The number of amides is 1. The van der Waals surface area contributed by atoms with Gasteiger partial charge in [-0.3, -0.25) is 10.1 Å². The van der Waals surface area contributed by atoms with Crippen LogP contribution < -0.4 is 10.1 Å². The zero-order valence-corrected chi connectivity index (χ0v) is 16.8. The molecule has 0 unspecified atom stereocenters. The van der Waals surface area contributed by atoms with Gasteiger partial charge >= 0.3 is 6.01 Å². The summed E-state index contributed by atoms with van der Waals surface area (Å²) in [6.07, 6.45) is 0.509. The standard InChI is InChI=1S/C24H21N3O3/c1-16-11-12-18(17(2)13-16)15-22-26-27-24(30-22)25-23(28)19-7-6-10-21(14-19)29-20-8-4-3-5-9-20/h3-14H,15H2,1-2H3,(H,25,27,28). The van der Waals surface area contributed by atoms with E-state index in [9.17, 15) is 4.79 Å². The van der Waals surface area contributed by atoms with Gasteiger partial charge < -0.3 is 9.15 Å². The molecule has 150 valence electrons. The van der Waals surface area contributed by atoms with Crippen molar-refractivity contribution in [2.45, 2.75) is 20.3 Å². The molecular formula is C24H21N3O3. The molecule has 1 amide bonds. The Morgan fingerprint density at radius 1 is 0.933 bits per heavy atom. The lowest BCUT2D eigenvalue weighted by Crippen LogP contribution is -2.12. The number of anilines is 1. The smallest absolute Gasteiger partial charge is 0.322 e. The molecule has 1 heterocycles. The number of nitrogens with zero attached hydrogens (tertiary/aromatic N) is 2. The highest BCUT2D eigenvalue weighted by Gasteiger charge is 2.13. The molecule has 0 bridgehead atoms. The van der Waals surface area contributed by atoms with Crippen molar-refractivity contribution in [3.8, 4) is 11.5 Å². The van der Waals surface area contributed by atoms with Crippen molar-refractivity contribution in [2.75, 3.05) is 5.32 Å². The van der Waals surface area contributed by atoms with E-state index in [4.69, 9.17) is 9.15 Å². The Morgan fingerprint density at radius 2 is 1.73 bits per heavy atom. The van der Waals surface area contributed by atoms with E-state index in [1.54, 1.807) is 24.3 Å². The number of ether oxygens (including phenoxy) is 1. The molecule has 1 aromatic heterocycles. The number of nitrogens with one attached hydrogen (secondary N) is 1. The molecule has 3 aromatic carbocycles. The first-order valence-electron chi connectivity index (χ1n) is 9.60. The maximum Gasteiger partial charge on any atom is 0.322 e. The number of carbonyl (C=O) groups is 1. The van der Waals surface area contributed by atoms with Gasteiger partial charge in [0, 0.05) is 5.56 Å². The van der Waals surface area contributed by atoms with Crippen molar-refractivity contribution in [1.82, 2.24) is 10.2 Å². The van der Waals surface area contributed by atoms with Crippen LogP contribution in [0.4, 0.5) is 6.01 Å². The maximum atomic E-state index is 12.6. The number of rotatable bonds is 6. The van der Waals surface area contributed by atoms with E-state index in [2.05, 4.69) is 28.5 Å². The number of carbonyl (C=O) groups excluding carboxylic acids is 1. The molecule has 0 spiro atoms. The fourth-order valence-electron chi connectivity index (χ4n) is 3.08. The van der Waals surface area contributed by atoms with Gasteiger partial charge in [-0.2, -0.15) is 0 Å². The van der Waals surface area contributed by atoms with E-state index in [-0.39, 0.29) is 11.9 Å². The fraction of sp³-hybridized carbons (Fsp3) is 0.125. The number of para-hydroxylation sites is 1. The maximum absolute atomic E-state index is 12.6. The van der Waals surface area contributed by atoms with Crippen molar-refractivity contribution < 1.29 is 13.9 Å². The Hall–Kier alpha value is -3.93. The molecule has 0 saturated heterocycles. The predicted molar refractivity (Wildman–Crippen MR) is 114 cm³/mol. The highest BCUT2D eigenvalue weighted by Crippen LogP contribution is 2.22. The van der Waals surface area contributed by atoms with Gasteiger partial charge in [-0.1, -0.05) is 53.1 Å². The number of benzene rings is 3. The van der Waals surface area contributed by atoms with Crippen LogP contribution in [0.15, 0.2) is 77.2 Å². The molecule has 0 saturated carbocycles. The van der Waals surface area contributed by atoms with Crippen LogP contribution in [-0.4, -0.2) is 16.1 Å². The highest BCUT2D eigenvalue weighted by molar-refractivity contribution is 6.03. The topological polar surface area (TPSA) is 77.2 Å². The summed E-state index contributed by atoms with van der Waals surface area (Å²) in [6.45, 7) is 4.10. The van der Waals surface area contributed by atoms with Gasteiger partial charge in [0.2, 0.25) is 5.89 Å². The third kappa shape index (κ3) is 4.72. The first kappa shape index (κ1) is 19.4. The minimum atomic E-state index is -0.352. The third-order valence-corrected chi connectivity index (χ3v) is 4.60. The van der Waals surface area contributed by atoms with Crippen LogP contribution >= 0.6 is 0 Å². The summed E-state index contributed by atoms with van der Waals surface area (Å²) in [5, 5.41) is 10.6. The molecule has 4 aromatic rings. The van der Waals surface area contributed by atoms with Crippen LogP contribution in [-0.2, 0) is 6.42 Å². The average Bonchev–Trinajstić information content (AvgIpc) is 3.18. The van der Waals surface area contributed by atoms with Gasteiger partial charge in [-0.25, -0.2) is 0 Å². The van der Waals surface area contributed by atoms with Crippen LogP contribution in [0.5, 0.6) is 11.5 Å². The van der Waals surface area contributed by atoms with Gasteiger partial charge in [0.1, 0.15) is 11.5 Å². The van der Waals surface area contributed by atoms with E-state index in [0.29, 0.717) is 29.4 Å². The normalized spacial score (nSPS) is 10.6. The summed E-state index contributed by atoms with van der Waals surface area (Å²) in [5.41, 5.74) is 3.90. The molecular weight excluding hydrogens is 378 g/mol. The van der Waals surface area contributed by atoms with Crippen LogP contribution in [0.2, 0.25) is 0 Å². The lowest BCUT2D eigenvalue weighted by Gasteiger charge is -2.07. The number of aromatic nitrogens is 2. The Labute approximate surface area is 174 Å². The molecule has 0 radical (unpaired) electrons. The summed E-state index contributed by atoms with van der Waals surface area (Å²) in [5.74, 6) is 1.35. The minimum absolute atomic E-state index is 0.0640. The van der Waals surface area contributed by atoms with Crippen molar-refractivity contribution >= 4 is 11.9 Å². The van der Waals surface area contributed by atoms with Crippen molar-refractivity contribution in [2.24, 2.45) is 0 Å². The van der Waals surface area contributed by atoms with Gasteiger partial charge in [0.05, 0.1) is 6.42 Å². The highest BCUT2D eigenvalue weighted by atomic mass is 16.5. The summed E-state index contributed by atoms with van der Waals surface area (Å²) in [7, 11) is 0. The van der Waals surface area contributed by atoms with Crippen LogP contribution in [0.3, 0.4) is 0 Å². The van der Waals surface area contributed by atoms with Crippen molar-refractivity contribution in [3.63, 3.8) is 0 Å². The lowest BCUT2D eigenvalue weighted by molar-refractivity contribution is 0.102. The Morgan fingerprint density at radius 3 is 2.53 bits per heavy atom. The Balaban J connectivity index is 1.42. The quantitative estimate of drug-likeness (QED) is 0.475. The Kier molecular flexibility index (Phi) is 5.57. The first-order valence-corrected chi connectivity index (χ1v) is 9.60. The summed E-state index contributed by atoms with van der Waals surface area (Å²) < 4.78 is 11.4. The zero-order chi connectivity index (χ0) is 20.9. The molecule has 6 nitrogen and oxygen atoms in total. The fourth-order valence-corrected chi connectivity index (χ4v) is 3.08. The zero-order valence-electron chi connectivity index (χ0n) is 16.8. The molecule has 6 heteroatoms.